The second-order valence-electron chi connectivity index (χ2n) is 7.37. The summed E-state index contributed by atoms with van der Waals surface area (Å²) in [5, 5.41) is 20.3. The van der Waals surface area contributed by atoms with Crippen LogP contribution in [0.3, 0.4) is 0 Å². The van der Waals surface area contributed by atoms with Crippen LogP contribution in [0, 0.1) is 10.1 Å². The van der Waals surface area contributed by atoms with Crippen molar-refractivity contribution in [2.45, 2.75) is 54.7 Å². The van der Waals surface area contributed by atoms with Gasteiger partial charge in [0, 0.05) is 18.2 Å². The number of hydrogen-bond donors (Lipinski definition) is 1. The van der Waals surface area contributed by atoms with E-state index in [-0.39, 0.29) is 15.5 Å². The molecular weight excluding hydrogens is 430 g/mol. The summed E-state index contributed by atoms with van der Waals surface area (Å²) in [6.45, 7) is 7.48. The van der Waals surface area contributed by atoms with Gasteiger partial charge < -0.3 is 4.42 Å². The highest BCUT2D eigenvalue weighted by molar-refractivity contribution is 7.99. The molecule has 1 N–H and O–H groups in total. The Balaban J connectivity index is 1.99. The van der Waals surface area contributed by atoms with Gasteiger partial charge in [-0.25, -0.2) is 13.1 Å². The largest absolute Gasteiger partial charge is 0.461 e. The van der Waals surface area contributed by atoms with Gasteiger partial charge in [-0.2, -0.15) is 0 Å². The zero-order valence-corrected chi connectivity index (χ0v) is 18.5. The number of benzene rings is 1. The van der Waals surface area contributed by atoms with Crippen LogP contribution in [-0.2, 0) is 16.6 Å². The summed E-state index contributed by atoms with van der Waals surface area (Å²) >= 11 is 1.04. The second kappa shape index (κ2) is 8.20. The van der Waals surface area contributed by atoms with Gasteiger partial charge in [-0.1, -0.05) is 0 Å². The first kappa shape index (κ1) is 22.0. The van der Waals surface area contributed by atoms with Crippen LogP contribution >= 0.6 is 11.8 Å². The maximum atomic E-state index is 12.5. The zero-order chi connectivity index (χ0) is 22.1. The van der Waals surface area contributed by atoms with Gasteiger partial charge in [-0.3, -0.25) is 14.7 Å². The minimum absolute atomic E-state index is 0.179. The van der Waals surface area contributed by atoms with E-state index < -0.39 is 20.5 Å². The smallest absolute Gasteiger partial charge is 0.284 e. The molecule has 1 aromatic carbocycles. The van der Waals surface area contributed by atoms with Gasteiger partial charge in [0.25, 0.3) is 5.69 Å². The lowest BCUT2D eigenvalue weighted by Crippen LogP contribution is -2.40. The summed E-state index contributed by atoms with van der Waals surface area (Å²) in [7, 11) is -3.91. The molecule has 0 saturated carbocycles. The average Bonchev–Trinajstić information content (AvgIpc) is 3.28. The van der Waals surface area contributed by atoms with E-state index in [2.05, 4.69) is 14.9 Å². The number of furan rings is 1. The minimum atomic E-state index is -3.91. The van der Waals surface area contributed by atoms with Crippen LogP contribution in [0.1, 0.15) is 27.7 Å². The maximum Gasteiger partial charge on any atom is 0.284 e. The van der Waals surface area contributed by atoms with Crippen molar-refractivity contribution >= 4 is 27.5 Å². The van der Waals surface area contributed by atoms with Crippen molar-refractivity contribution in [3.63, 3.8) is 0 Å². The number of aromatic nitrogens is 3. The first-order chi connectivity index (χ1) is 14.0. The number of rotatable bonds is 7. The van der Waals surface area contributed by atoms with Gasteiger partial charge in [0.1, 0.15) is 0 Å². The van der Waals surface area contributed by atoms with Crippen molar-refractivity contribution in [1.82, 2.24) is 19.5 Å². The molecule has 0 fully saturated rings. The van der Waals surface area contributed by atoms with E-state index in [1.807, 2.05) is 6.92 Å². The fraction of sp³-hybridized carbons (Fsp3) is 0.333. The standard InChI is InChI=1S/C18H21N5O5S2/c1-5-22-16(14-7-6-10-28-14)19-20-17(22)29-15-9-8-12(11-13(15)23(24)25)30(26,27)21-18(2,3)4/h6-11,21H,5H2,1-4H3. The van der Waals surface area contributed by atoms with E-state index in [0.29, 0.717) is 23.3 Å². The van der Waals surface area contributed by atoms with Gasteiger partial charge in [0.05, 0.1) is 21.0 Å². The summed E-state index contributed by atoms with van der Waals surface area (Å²) in [5.41, 5.74) is -1.05. The fourth-order valence-corrected chi connectivity index (χ4v) is 5.11. The Labute approximate surface area is 177 Å². The molecule has 0 amide bonds. The molecule has 0 spiro atoms. The second-order valence-corrected chi connectivity index (χ2v) is 10.1. The van der Waals surface area contributed by atoms with Crippen LogP contribution in [0.25, 0.3) is 11.6 Å². The van der Waals surface area contributed by atoms with Gasteiger partial charge in [-0.15, -0.1) is 10.2 Å². The Kier molecular flexibility index (Phi) is 6.01. The van der Waals surface area contributed by atoms with E-state index in [0.717, 1.165) is 17.8 Å². The fourth-order valence-electron chi connectivity index (χ4n) is 2.69. The monoisotopic (exact) mass is 451 g/mol. The van der Waals surface area contributed by atoms with E-state index in [1.165, 1.54) is 18.4 Å². The first-order valence-electron chi connectivity index (χ1n) is 8.99. The molecule has 10 nitrogen and oxygen atoms in total. The minimum Gasteiger partial charge on any atom is -0.461 e. The molecule has 3 rings (SSSR count). The molecule has 0 aliphatic carbocycles. The number of nitrogens with one attached hydrogen (secondary N) is 1. The summed E-state index contributed by atoms with van der Waals surface area (Å²) in [6.07, 6.45) is 1.52. The summed E-state index contributed by atoms with van der Waals surface area (Å²) in [6, 6.07) is 7.27. The SMILES string of the molecule is CCn1c(Sc2ccc(S(=O)(=O)NC(C)(C)C)cc2[N+](=O)[O-])nnc1-c1ccco1. The molecule has 0 unspecified atom stereocenters. The quantitative estimate of drug-likeness (QED) is 0.425. The third-order valence-electron chi connectivity index (χ3n) is 3.85. The molecule has 0 aliphatic rings. The molecule has 30 heavy (non-hydrogen) atoms. The van der Waals surface area contributed by atoms with E-state index in [9.17, 15) is 18.5 Å². The van der Waals surface area contributed by atoms with Crippen molar-refractivity contribution in [1.29, 1.82) is 0 Å². The third kappa shape index (κ3) is 4.71. The molecule has 12 heteroatoms. The van der Waals surface area contributed by atoms with E-state index in [1.54, 1.807) is 37.5 Å². The molecule has 0 aliphatic heterocycles. The zero-order valence-electron chi connectivity index (χ0n) is 16.8. The normalized spacial score (nSPS) is 12.3. The summed E-state index contributed by atoms with van der Waals surface area (Å²) in [5.74, 6) is 1.03. The molecule has 2 aromatic heterocycles. The summed E-state index contributed by atoms with van der Waals surface area (Å²) in [4.78, 5) is 11.1. The van der Waals surface area contributed by atoms with Gasteiger partial charge in [0.2, 0.25) is 10.0 Å². The third-order valence-corrected chi connectivity index (χ3v) is 6.66. The number of sulfonamides is 1. The Morgan fingerprint density at radius 1 is 1.27 bits per heavy atom. The first-order valence-corrected chi connectivity index (χ1v) is 11.3. The molecule has 0 bridgehead atoms. The van der Waals surface area contributed by atoms with Gasteiger partial charge >= 0.3 is 0 Å². The Bertz CT molecular complexity index is 1160. The Hall–Kier alpha value is -2.70. The van der Waals surface area contributed by atoms with E-state index in [4.69, 9.17) is 4.42 Å². The molecular formula is C18H21N5O5S2. The number of nitrogens with zero attached hydrogens (tertiary/aromatic N) is 4. The van der Waals surface area contributed by atoms with Gasteiger partial charge in [-0.05, 0) is 63.7 Å². The van der Waals surface area contributed by atoms with Crippen LogP contribution < -0.4 is 4.72 Å². The van der Waals surface area contributed by atoms with Crippen LogP contribution in [-0.4, -0.2) is 33.6 Å². The molecule has 2 heterocycles. The van der Waals surface area contributed by atoms with Crippen molar-refractivity contribution in [3.8, 4) is 11.6 Å². The molecule has 0 radical (unpaired) electrons. The lowest BCUT2D eigenvalue weighted by molar-refractivity contribution is -0.388. The number of nitro benzene ring substituents is 1. The lowest BCUT2D eigenvalue weighted by Gasteiger charge is -2.20. The Morgan fingerprint density at radius 3 is 2.57 bits per heavy atom. The van der Waals surface area contributed by atoms with Crippen LogP contribution in [0.15, 0.2) is 56.0 Å². The molecule has 160 valence electrons. The van der Waals surface area contributed by atoms with Crippen molar-refractivity contribution in [2.75, 3.05) is 0 Å². The summed E-state index contributed by atoms with van der Waals surface area (Å²) < 4.78 is 34.7. The van der Waals surface area contributed by atoms with E-state index >= 15 is 0 Å². The van der Waals surface area contributed by atoms with Crippen molar-refractivity contribution < 1.29 is 17.8 Å². The average molecular weight is 452 g/mol. The Morgan fingerprint density at radius 2 is 2.00 bits per heavy atom. The topological polar surface area (TPSA) is 133 Å². The van der Waals surface area contributed by atoms with Crippen LogP contribution in [0.5, 0.6) is 0 Å². The predicted molar refractivity (Wildman–Crippen MR) is 111 cm³/mol. The molecule has 3 aromatic rings. The highest BCUT2D eigenvalue weighted by Crippen LogP contribution is 2.36. The van der Waals surface area contributed by atoms with Crippen molar-refractivity contribution in [2.24, 2.45) is 0 Å². The number of nitro groups is 1. The highest BCUT2D eigenvalue weighted by Gasteiger charge is 2.27. The van der Waals surface area contributed by atoms with Crippen molar-refractivity contribution in [3.05, 3.63) is 46.7 Å². The highest BCUT2D eigenvalue weighted by atomic mass is 32.2. The number of hydrogen-bond acceptors (Lipinski definition) is 8. The van der Waals surface area contributed by atoms with Crippen LogP contribution in [0.4, 0.5) is 5.69 Å². The predicted octanol–water partition coefficient (Wildman–Crippen LogP) is 3.69. The van der Waals surface area contributed by atoms with Gasteiger partial charge in [0.15, 0.2) is 16.7 Å². The van der Waals surface area contributed by atoms with Crippen LogP contribution in [0.2, 0.25) is 0 Å². The maximum absolute atomic E-state index is 12.5. The molecule has 0 atom stereocenters. The lowest BCUT2D eigenvalue weighted by atomic mass is 10.1. The molecule has 0 saturated heterocycles.